The van der Waals surface area contributed by atoms with Crippen molar-refractivity contribution < 1.29 is 9.47 Å². The normalized spacial score (nSPS) is 22.5. The van der Waals surface area contributed by atoms with Crippen molar-refractivity contribution in [3.63, 3.8) is 0 Å². The van der Waals surface area contributed by atoms with Crippen LogP contribution in [0, 0.1) is 6.92 Å². The van der Waals surface area contributed by atoms with Crippen LogP contribution in [0.15, 0.2) is 18.2 Å². The molecule has 0 saturated heterocycles. The second-order valence-corrected chi connectivity index (χ2v) is 6.41. The molecule has 1 aliphatic rings. The van der Waals surface area contributed by atoms with Crippen molar-refractivity contribution in [1.29, 1.82) is 0 Å². The highest BCUT2D eigenvalue weighted by atomic mass is 16.5. The van der Waals surface area contributed by atoms with E-state index in [1.165, 1.54) is 17.5 Å². The standard InChI is InChI=1S/C18H29NO2/c1-13(2)19-12-15-10-14(3)8-9-18(15)21-17-7-5-6-16(11-17)20-4/h8-10,13,16-17,19H,5-7,11-12H2,1-4H3. The quantitative estimate of drug-likeness (QED) is 0.864. The van der Waals surface area contributed by atoms with Crippen molar-refractivity contribution in [2.45, 2.75) is 71.2 Å². The zero-order valence-corrected chi connectivity index (χ0v) is 13.8. The van der Waals surface area contributed by atoms with Gasteiger partial charge in [-0.2, -0.15) is 0 Å². The van der Waals surface area contributed by atoms with E-state index in [4.69, 9.17) is 9.47 Å². The highest BCUT2D eigenvalue weighted by molar-refractivity contribution is 5.37. The molecule has 0 bridgehead atoms. The minimum atomic E-state index is 0.282. The molecule has 0 heterocycles. The largest absolute Gasteiger partial charge is 0.490 e. The molecule has 0 spiro atoms. The first-order chi connectivity index (χ1) is 10.1. The molecule has 3 heteroatoms. The van der Waals surface area contributed by atoms with Crippen molar-refractivity contribution in [2.24, 2.45) is 0 Å². The molecule has 1 N–H and O–H groups in total. The number of benzene rings is 1. The summed E-state index contributed by atoms with van der Waals surface area (Å²) in [5.74, 6) is 1.02. The Bertz CT molecular complexity index is 445. The highest BCUT2D eigenvalue weighted by Gasteiger charge is 2.23. The molecule has 0 aliphatic heterocycles. The molecular weight excluding hydrogens is 262 g/mol. The average molecular weight is 291 g/mol. The maximum Gasteiger partial charge on any atom is 0.124 e. The Hall–Kier alpha value is -1.06. The van der Waals surface area contributed by atoms with Gasteiger partial charge < -0.3 is 14.8 Å². The first-order valence-corrected chi connectivity index (χ1v) is 8.11. The fraction of sp³-hybridized carbons (Fsp3) is 0.667. The number of ether oxygens (including phenoxy) is 2. The van der Waals surface area contributed by atoms with Gasteiger partial charge in [-0.1, -0.05) is 31.5 Å². The third-order valence-corrected chi connectivity index (χ3v) is 4.12. The van der Waals surface area contributed by atoms with E-state index in [0.717, 1.165) is 31.6 Å². The monoisotopic (exact) mass is 291 g/mol. The average Bonchev–Trinajstić information content (AvgIpc) is 2.47. The molecule has 0 aromatic heterocycles. The van der Waals surface area contributed by atoms with Gasteiger partial charge in [0.05, 0.1) is 6.10 Å². The van der Waals surface area contributed by atoms with Crippen molar-refractivity contribution in [1.82, 2.24) is 5.32 Å². The third kappa shape index (κ3) is 5.01. The van der Waals surface area contributed by atoms with Crippen molar-refractivity contribution in [3.8, 4) is 5.75 Å². The molecule has 21 heavy (non-hydrogen) atoms. The Morgan fingerprint density at radius 3 is 2.71 bits per heavy atom. The van der Waals surface area contributed by atoms with Gasteiger partial charge in [0.1, 0.15) is 11.9 Å². The van der Waals surface area contributed by atoms with E-state index in [0.29, 0.717) is 12.1 Å². The summed E-state index contributed by atoms with van der Waals surface area (Å²) in [6.45, 7) is 7.32. The molecule has 1 aliphatic carbocycles. The van der Waals surface area contributed by atoms with Gasteiger partial charge in [-0.25, -0.2) is 0 Å². The van der Waals surface area contributed by atoms with Crippen molar-refractivity contribution >= 4 is 0 Å². The second-order valence-electron chi connectivity index (χ2n) is 6.41. The van der Waals surface area contributed by atoms with Crippen LogP contribution in [-0.4, -0.2) is 25.4 Å². The molecule has 2 unspecified atom stereocenters. The van der Waals surface area contributed by atoms with Crippen LogP contribution in [0.25, 0.3) is 0 Å². The van der Waals surface area contributed by atoms with Gasteiger partial charge in [0.25, 0.3) is 0 Å². The summed E-state index contributed by atoms with van der Waals surface area (Å²) in [6.07, 6.45) is 5.11. The lowest BCUT2D eigenvalue weighted by molar-refractivity contribution is 0.0206. The van der Waals surface area contributed by atoms with Gasteiger partial charge in [-0.15, -0.1) is 0 Å². The summed E-state index contributed by atoms with van der Waals surface area (Å²) in [4.78, 5) is 0. The van der Waals surface area contributed by atoms with Gasteiger partial charge in [-0.05, 0) is 32.3 Å². The lowest BCUT2D eigenvalue weighted by atomic mass is 9.95. The highest BCUT2D eigenvalue weighted by Crippen LogP contribution is 2.28. The number of methoxy groups -OCH3 is 1. The lowest BCUT2D eigenvalue weighted by Gasteiger charge is -2.29. The first kappa shape index (κ1) is 16.3. The zero-order chi connectivity index (χ0) is 15.2. The zero-order valence-electron chi connectivity index (χ0n) is 13.8. The molecular formula is C18H29NO2. The number of hydrogen-bond donors (Lipinski definition) is 1. The summed E-state index contributed by atoms with van der Waals surface area (Å²) in [5, 5.41) is 3.48. The predicted octanol–water partition coefficient (Wildman–Crippen LogP) is 3.83. The van der Waals surface area contributed by atoms with Gasteiger partial charge >= 0.3 is 0 Å². The first-order valence-electron chi connectivity index (χ1n) is 8.11. The summed E-state index contributed by atoms with van der Waals surface area (Å²) in [5.41, 5.74) is 2.53. The molecule has 0 amide bonds. The Labute approximate surface area is 129 Å². The van der Waals surface area contributed by atoms with Crippen LogP contribution in [0.2, 0.25) is 0 Å². The molecule has 1 saturated carbocycles. The summed E-state index contributed by atoms with van der Waals surface area (Å²) in [7, 11) is 1.80. The number of aryl methyl sites for hydroxylation is 1. The van der Waals surface area contributed by atoms with E-state index in [2.05, 4.69) is 44.3 Å². The van der Waals surface area contributed by atoms with Crippen LogP contribution in [0.5, 0.6) is 5.75 Å². The van der Waals surface area contributed by atoms with E-state index < -0.39 is 0 Å². The van der Waals surface area contributed by atoms with Crippen molar-refractivity contribution in [3.05, 3.63) is 29.3 Å². The van der Waals surface area contributed by atoms with Crippen LogP contribution in [0.3, 0.4) is 0 Å². The second kappa shape index (κ2) is 7.81. The fourth-order valence-electron chi connectivity index (χ4n) is 2.88. The Morgan fingerprint density at radius 1 is 1.24 bits per heavy atom. The summed E-state index contributed by atoms with van der Waals surface area (Å²) < 4.78 is 11.8. The molecule has 1 aromatic carbocycles. The Morgan fingerprint density at radius 2 is 2.00 bits per heavy atom. The van der Waals surface area contributed by atoms with Crippen LogP contribution < -0.4 is 10.1 Å². The molecule has 118 valence electrons. The number of rotatable bonds is 6. The van der Waals surface area contributed by atoms with Gasteiger partial charge in [-0.3, -0.25) is 0 Å². The number of hydrogen-bond acceptors (Lipinski definition) is 3. The maximum atomic E-state index is 6.29. The molecule has 3 nitrogen and oxygen atoms in total. The van der Waals surface area contributed by atoms with Gasteiger partial charge in [0.2, 0.25) is 0 Å². The van der Waals surface area contributed by atoms with E-state index in [1.54, 1.807) is 7.11 Å². The molecule has 2 atom stereocenters. The predicted molar refractivity (Wildman–Crippen MR) is 86.8 cm³/mol. The van der Waals surface area contributed by atoms with E-state index in [9.17, 15) is 0 Å². The maximum absolute atomic E-state index is 6.29. The Kier molecular flexibility index (Phi) is 6.07. The van der Waals surface area contributed by atoms with E-state index in [1.807, 2.05) is 0 Å². The summed E-state index contributed by atoms with van der Waals surface area (Å²) in [6, 6.07) is 6.95. The molecule has 1 fully saturated rings. The Balaban J connectivity index is 2.04. The lowest BCUT2D eigenvalue weighted by Crippen LogP contribution is -2.30. The molecule has 1 aromatic rings. The van der Waals surface area contributed by atoms with Gasteiger partial charge in [0.15, 0.2) is 0 Å². The van der Waals surface area contributed by atoms with E-state index >= 15 is 0 Å². The van der Waals surface area contributed by atoms with Crippen molar-refractivity contribution in [2.75, 3.05) is 7.11 Å². The smallest absolute Gasteiger partial charge is 0.124 e. The minimum absolute atomic E-state index is 0.282. The molecule has 0 radical (unpaired) electrons. The van der Waals surface area contributed by atoms with Crippen LogP contribution in [-0.2, 0) is 11.3 Å². The van der Waals surface area contributed by atoms with Crippen LogP contribution in [0.1, 0.15) is 50.7 Å². The summed E-state index contributed by atoms with van der Waals surface area (Å²) >= 11 is 0. The fourth-order valence-corrected chi connectivity index (χ4v) is 2.88. The minimum Gasteiger partial charge on any atom is -0.490 e. The van der Waals surface area contributed by atoms with Crippen LogP contribution in [0.4, 0.5) is 0 Å². The topological polar surface area (TPSA) is 30.5 Å². The van der Waals surface area contributed by atoms with Crippen LogP contribution >= 0.6 is 0 Å². The van der Waals surface area contributed by atoms with E-state index in [-0.39, 0.29) is 6.10 Å². The third-order valence-electron chi connectivity index (χ3n) is 4.12. The van der Waals surface area contributed by atoms with Gasteiger partial charge in [0, 0.05) is 31.7 Å². The molecule has 2 rings (SSSR count). The number of nitrogens with one attached hydrogen (secondary N) is 1. The SMILES string of the molecule is COC1CCCC(Oc2ccc(C)cc2CNC(C)C)C1.